The zero-order valence-electron chi connectivity index (χ0n) is 18.0. The van der Waals surface area contributed by atoms with Gasteiger partial charge < -0.3 is 5.11 Å². The maximum absolute atomic E-state index is 12.9. The van der Waals surface area contributed by atoms with E-state index in [9.17, 15) is 19.5 Å². The average Bonchev–Trinajstić information content (AvgIpc) is 3.19. The molecule has 0 saturated carbocycles. The first kappa shape index (κ1) is 21.6. The SMILES string of the molecule is Cn1c(=O)c2c(nc(NNC(=O)c3ccccc3O)n2CC=Cc2ccccc2)n(C)c1=O. The van der Waals surface area contributed by atoms with Crippen LogP contribution in [0.4, 0.5) is 5.95 Å². The Kier molecular flexibility index (Phi) is 5.81. The molecule has 0 fully saturated rings. The van der Waals surface area contributed by atoms with E-state index in [4.69, 9.17) is 0 Å². The molecule has 2 heterocycles. The van der Waals surface area contributed by atoms with E-state index in [0.717, 1.165) is 10.1 Å². The number of aromatic nitrogens is 4. The number of carbonyl (C=O) groups is 1. The van der Waals surface area contributed by atoms with Crippen molar-refractivity contribution in [2.24, 2.45) is 14.1 Å². The molecule has 2 aromatic heterocycles. The Hall–Kier alpha value is -4.60. The maximum atomic E-state index is 12.9. The molecule has 0 radical (unpaired) electrons. The zero-order chi connectivity index (χ0) is 23.5. The second kappa shape index (κ2) is 8.87. The molecule has 4 aromatic rings. The molecule has 0 spiro atoms. The molecule has 3 N–H and O–H groups in total. The van der Waals surface area contributed by atoms with Crippen molar-refractivity contribution >= 4 is 29.1 Å². The standard InChI is InChI=1S/C23H22N6O4/c1-27-19-18(21(32)28(2)23(27)33)29(14-8-11-15-9-4-3-5-10-15)22(24-19)26-25-20(31)16-12-6-7-13-17(16)30/h3-13,30H,14H2,1-2H3,(H,24,26)(H,25,31). The number of hydrogen-bond acceptors (Lipinski definition) is 6. The molecule has 1 amide bonds. The van der Waals surface area contributed by atoms with E-state index in [1.165, 1.54) is 30.8 Å². The molecule has 2 aromatic carbocycles. The van der Waals surface area contributed by atoms with Gasteiger partial charge in [0.25, 0.3) is 11.5 Å². The molecule has 0 aliphatic rings. The number of allylic oxidation sites excluding steroid dienone is 1. The Balaban J connectivity index is 1.73. The third-order valence-electron chi connectivity index (χ3n) is 5.18. The minimum atomic E-state index is -0.590. The van der Waals surface area contributed by atoms with Crippen LogP contribution in [0.3, 0.4) is 0 Å². The summed E-state index contributed by atoms with van der Waals surface area (Å²) in [6.45, 7) is 0.244. The van der Waals surface area contributed by atoms with Gasteiger partial charge in [-0.05, 0) is 17.7 Å². The number of nitrogens with zero attached hydrogens (tertiary/aromatic N) is 4. The Bertz CT molecular complexity index is 1480. The summed E-state index contributed by atoms with van der Waals surface area (Å²) in [5.41, 5.74) is 5.60. The molecule has 0 aliphatic carbocycles. The summed E-state index contributed by atoms with van der Waals surface area (Å²) in [7, 11) is 2.92. The highest BCUT2D eigenvalue weighted by Gasteiger charge is 2.19. The van der Waals surface area contributed by atoms with E-state index in [-0.39, 0.29) is 35.0 Å². The third-order valence-corrected chi connectivity index (χ3v) is 5.18. The van der Waals surface area contributed by atoms with E-state index >= 15 is 0 Å². The van der Waals surface area contributed by atoms with E-state index < -0.39 is 17.2 Å². The Labute approximate surface area is 188 Å². The summed E-state index contributed by atoms with van der Waals surface area (Å²) in [4.78, 5) is 42.1. The van der Waals surface area contributed by atoms with Crippen LogP contribution in [0.15, 0.2) is 70.3 Å². The lowest BCUT2D eigenvalue weighted by Crippen LogP contribution is -2.37. The number of amides is 1. The van der Waals surface area contributed by atoms with Crippen LogP contribution in [-0.4, -0.2) is 29.7 Å². The fourth-order valence-corrected chi connectivity index (χ4v) is 3.42. The monoisotopic (exact) mass is 446 g/mol. The van der Waals surface area contributed by atoms with Gasteiger partial charge in [0.2, 0.25) is 5.95 Å². The quantitative estimate of drug-likeness (QED) is 0.387. The second-order valence-electron chi connectivity index (χ2n) is 7.33. The van der Waals surface area contributed by atoms with Gasteiger partial charge in [-0.1, -0.05) is 54.6 Å². The predicted molar refractivity (Wildman–Crippen MR) is 125 cm³/mol. The van der Waals surface area contributed by atoms with Gasteiger partial charge in [-0.2, -0.15) is 4.98 Å². The van der Waals surface area contributed by atoms with Gasteiger partial charge in [-0.15, -0.1) is 0 Å². The van der Waals surface area contributed by atoms with Crippen molar-refractivity contribution in [3.63, 3.8) is 0 Å². The highest BCUT2D eigenvalue weighted by molar-refractivity contribution is 5.97. The summed E-state index contributed by atoms with van der Waals surface area (Å²) in [6, 6.07) is 15.7. The van der Waals surface area contributed by atoms with Crippen LogP contribution < -0.4 is 22.1 Å². The average molecular weight is 446 g/mol. The van der Waals surface area contributed by atoms with Crippen molar-refractivity contribution in [1.29, 1.82) is 0 Å². The molecule has 0 atom stereocenters. The largest absolute Gasteiger partial charge is 0.507 e. The molecule has 4 rings (SSSR count). The van der Waals surface area contributed by atoms with Gasteiger partial charge in [-0.3, -0.25) is 34.1 Å². The van der Waals surface area contributed by atoms with Gasteiger partial charge >= 0.3 is 5.69 Å². The van der Waals surface area contributed by atoms with Gasteiger partial charge in [-0.25, -0.2) is 4.79 Å². The lowest BCUT2D eigenvalue weighted by Gasteiger charge is -2.11. The first-order valence-electron chi connectivity index (χ1n) is 10.1. The van der Waals surface area contributed by atoms with Gasteiger partial charge in [0, 0.05) is 20.6 Å². The molecular formula is C23H22N6O4. The second-order valence-corrected chi connectivity index (χ2v) is 7.33. The fourth-order valence-electron chi connectivity index (χ4n) is 3.42. The molecule has 0 saturated heterocycles. The number of aryl methyl sites for hydroxylation is 1. The lowest BCUT2D eigenvalue weighted by molar-refractivity contribution is 0.0959. The number of fused-ring (bicyclic) bond motifs is 1. The van der Waals surface area contributed by atoms with Gasteiger partial charge in [0.05, 0.1) is 5.56 Å². The molecule has 10 heteroatoms. The smallest absolute Gasteiger partial charge is 0.332 e. The minimum Gasteiger partial charge on any atom is -0.507 e. The Morgan fingerprint density at radius 3 is 2.45 bits per heavy atom. The number of phenolic OH excluding ortho intramolecular Hbond substituents is 1. The first-order valence-corrected chi connectivity index (χ1v) is 10.1. The number of imidazole rings is 1. The van der Waals surface area contributed by atoms with Crippen molar-refractivity contribution in [2.75, 3.05) is 5.43 Å². The van der Waals surface area contributed by atoms with Crippen LogP contribution in [0, 0.1) is 0 Å². The number of phenols is 1. The summed E-state index contributed by atoms with van der Waals surface area (Å²) < 4.78 is 3.84. The minimum absolute atomic E-state index is 0.0694. The highest BCUT2D eigenvalue weighted by atomic mass is 16.3. The van der Waals surface area contributed by atoms with Crippen molar-refractivity contribution in [1.82, 2.24) is 24.1 Å². The number of anilines is 1. The number of hydrazine groups is 1. The fraction of sp³-hybridized carbons (Fsp3) is 0.130. The number of nitrogens with one attached hydrogen (secondary N) is 2. The van der Waals surface area contributed by atoms with Crippen LogP contribution in [0.1, 0.15) is 15.9 Å². The third kappa shape index (κ3) is 4.13. The first-order chi connectivity index (χ1) is 15.9. The Morgan fingerprint density at radius 2 is 1.73 bits per heavy atom. The summed E-state index contributed by atoms with van der Waals surface area (Å²) in [5.74, 6) is -0.606. The van der Waals surface area contributed by atoms with E-state index in [1.54, 1.807) is 16.7 Å². The molecule has 10 nitrogen and oxygen atoms in total. The maximum Gasteiger partial charge on any atom is 0.332 e. The molecule has 33 heavy (non-hydrogen) atoms. The van der Waals surface area contributed by atoms with Crippen LogP contribution >= 0.6 is 0 Å². The number of carbonyl (C=O) groups excluding carboxylic acids is 1. The van der Waals surface area contributed by atoms with Crippen molar-refractivity contribution in [3.8, 4) is 5.75 Å². The van der Waals surface area contributed by atoms with E-state index in [0.29, 0.717) is 0 Å². The normalized spacial score (nSPS) is 11.2. The van der Waals surface area contributed by atoms with Crippen LogP contribution in [-0.2, 0) is 20.6 Å². The molecular weight excluding hydrogens is 424 g/mol. The summed E-state index contributed by atoms with van der Waals surface area (Å²) >= 11 is 0. The lowest BCUT2D eigenvalue weighted by atomic mass is 10.2. The van der Waals surface area contributed by atoms with Crippen molar-refractivity contribution in [3.05, 3.63) is 92.6 Å². The van der Waals surface area contributed by atoms with Gasteiger partial charge in [0.1, 0.15) is 5.75 Å². The van der Waals surface area contributed by atoms with Crippen LogP contribution in [0.2, 0.25) is 0 Å². The summed E-state index contributed by atoms with van der Waals surface area (Å²) in [5, 5.41) is 9.90. The van der Waals surface area contributed by atoms with Gasteiger partial charge in [0.15, 0.2) is 11.2 Å². The topological polar surface area (TPSA) is 123 Å². The van der Waals surface area contributed by atoms with Crippen molar-refractivity contribution < 1.29 is 9.90 Å². The van der Waals surface area contributed by atoms with E-state index in [1.807, 2.05) is 42.5 Å². The number of rotatable bonds is 6. The zero-order valence-corrected chi connectivity index (χ0v) is 18.0. The van der Waals surface area contributed by atoms with E-state index in [2.05, 4.69) is 15.8 Å². The predicted octanol–water partition coefficient (Wildman–Crippen LogP) is 1.61. The highest BCUT2D eigenvalue weighted by Crippen LogP contribution is 2.17. The molecule has 0 unspecified atom stereocenters. The Morgan fingerprint density at radius 1 is 1.03 bits per heavy atom. The number of para-hydroxylation sites is 1. The van der Waals surface area contributed by atoms with Crippen LogP contribution in [0.25, 0.3) is 17.2 Å². The van der Waals surface area contributed by atoms with Crippen molar-refractivity contribution in [2.45, 2.75) is 6.54 Å². The molecule has 0 bridgehead atoms. The number of aromatic hydroxyl groups is 1. The van der Waals surface area contributed by atoms with Crippen LogP contribution in [0.5, 0.6) is 5.75 Å². The summed E-state index contributed by atoms with van der Waals surface area (Å²) in [6.07, 6.45) is 3.74. The molecule has 168 valence electrons. The number of benzene rings is 2. The number of hydrogen-bond donors (Lipinski definition) is 3. The molecule has 0 aliphatic heterocycles.